The second-order valence-corrected chi connectivity index (χ2v) is 10.5. The van der Waals surface area contributed by atoms with Crippen molar-refractivity contribution >= 4 is 48.9 Å². The van der Waals surface area contributed by atoms with E-state index in [0.717, 1.165) is 39.9 Å². The van der Waals surface area contributed by atoms with Crippen molar-refractivity contribution < 1.29 is 9.18 Å². The maximum Gasteiger partial charge on any atom is 0.265 e. The van der Waals surface area contributed by atoms with Crippen molar-refractivity contribution in [2.75, 3.05) is 36.4 Å². The van der Waals surface area contributed by atoms with Gasteiger partial charge in [-0.25, -0.2) is 9.37 Å². The number of aromatic nitrogens is 2. The fourth-order valence-electron chi connectivity index (χ4n) is 4.60. The van der Waals surface area contributed by atoms with Gasteiger partial charge in [-0.1, -0.05) is 23.5 Å². The summed E-state index contributed by atoms with van der Waals surface area (Å²) in [6.45, 7) is 4.42. The predicted molar refractivity (Wildman–Crippen MR) is 132 cm³/mol. The van der Waals surface area contributed by atoms with Crippen molar-refractivity contribution in [3.8, 4) is 11.3 Å². The Bertz CT molecular complexity index is 1270. The van der Waals surface area contributed by atoms with E-state index in [1.807, 2.05) is 30.3 Å². The lowest BCUT2D eigenvalue weighted by Crippen LogP contribution is -2.50. The third-order valence-electron chi connectivity index (χ3n) is 6.33. The largest absolute Gasteiger partial charge is 0.345 e. The molecule has 0 bridgehead atoms. The Morgan fingerprint density at radius 1 is 1.09 bits per heavy atom. The van der Waals surface area contributed by atoms with Gasteiger partial charge in [-0.15, -0.1) is 11.3 Å². The van der Waals surface area contributed by atoms with Crippen molar-refractivity contribution in [2.45, 2.75) is 18.9 Å². The lowest BCUT2D eigenvalue weighted by Gasteiger charge is -2.37. The van der Waals surface area contributed by atoms with E-state index in [0.29, 0.717) is 22.3 Å². The predicted octanol–water partition coefficient (Wildman–Crippen LogP) is 5.10. The molecule has 4 aromatic rings. The van der Waals surface area contributed by atoms with E-state index in [1.165, 1.54) is 43.0 Å². The number of carbonyl (C=O) groups is 1. The number of rotatable bonds is 4. The lowest BCUT2D eigenvalue weighted by molar-refractivity contribution is 0.103. The number of amides is 1. The third-order valence-corrected chi connectivity index (χ3v) is 8.55. The van der Waals surface area contributed by atoms with Crippen molar-refractivity contribution in [1.29, 1.82) is 0 Å². The van der Waals surface area contributed by atoms with Gasteiger partial charge in [0.1, 0.15) is 10.6 Å². The molecule has 0 spiro atoms. The Balaban J connectivity index is 1.13. The van der Waals surface area contributed by atoms with Gasteiger partial charge < -0.3 is 10.2 Å². The van der Waals surface area contributed by atoms with Crippen LogP contribution in [0.1, 0.15) is 22.5 Å². The van der Waals surface area contributed by atoms with E-state index in [4.69, 9.17) is 4.98 Å². The molecule has 2 aliphatic rings. The molecular weight excluding hydrogens is 457 g/mol. The normalized spacial score (nSPS) is 18.6. The van der Waals surface area contributed by atoms with Crippen LogP contribution in [-0.4, -0.2) is 53.0 Å². The molecule has 9 heteroatoms. The highest BCUT2D eigenvalue weighted by molar-refractivity contribution is 7.29. The monoisotopic (exact) mass is 479 g/mol. The summed E-state index contributed by atoms with van der Waals surface area (Å²) >= 11 is 3.11. The van der Waals surface area contributed by atoms with E-state index in [-0.39, 0.29) is 11.7 Å². The first-order chi connectivity index (χ1) is 16.1. The Morgan fingerprint density at radius 3 is 2.76 bits per heavy atom. The number of carbonyl (C=O) groups excluding carboxylic acids is 1. The minimum absolute atomic E-state index is 0.140. The Labute approximate surface area is 198 Å². The van der Waals surface area contributed by atoms with Crippen LogP contribution in [0.3, 0.4) is 0 Å². The number of anilines is 2. The minimum Gasteiger partial charge on any atom is -0.345 e. The second kappa shape index (κ2) is 8.48. The van der Waals surface area contributed by atoms with Gasteiger partial charge in [0.15, 0.2) is 5.13 Å². The van der Waals surface area contributed by atoms with Crippen LogP contribution in [0.4, 0.5) is 15.2 Å². The van der Waals surface area contributed by atoms with Crippen LogP contribution in [0.25, 0.3) is 20.8 Å². The molecule has 0 radical (unpaired) electrons. The molecule has 5 heterocycles. The smallest absolute Gasteiger partial charge is 0.265 e. The van der Waals surface area contributed by atoms with Gasteiger partial charge in [-0.2, -0.15) is 0 Å². The molecule has 6 nitrogen and oxygen atoms in total. The molecule has 0 aliphatic carbocycles. The van der Waals surface area contributed by atoms with Gasteiger partial charge in [-0.05, 0) is 49.7 Å². The van der Waals surface area contributed by atoms with Gasteiger partial charge in [0, 0.05) is 36.9 Å². The number of nitrogens with zero attached hydrogens (tertiary/aromatic N) is 4. The molecule has 6 rings (SSSR count). The molecule has 2 fully saturated rings. The molecule has 1 amide bonds. The zero-order chi connectivity index (χ0) is 22.4. The van der Waals surface area contributed by atoms with Gasteiger partial charge >= 0.3 is 0 Å². The topological polar surface area (TPSA) is 61.4 Å². The Kier molecular flexibility index (Phi) is 5.32. The number of benzene rings is 1. The van der Waals surface area contributed by atoms with Gasteiger partial charge in [0.05, 0.1) is 21.5 Å². The molecule has 1 N–H and O–H groups in total. The maximum atomic E-state index is 13.1. The van der Waals surface area contributed by atoms with E-state index in [9.17, 15) is 9.18 Å². The van der Waals surface area contributed by atoms with E-state index < -0.39 is 0 Å². The summed E-state index contributed by atoms with van der Waals surface area (Å²) in [4.78, 5) is 28.3. The number of nitrogens with one attached hydrogen (secondary N) is 1. The second-order valence-electron chi connectivity index (χ2n) is 8.45. The van der Waals surface area contributed by atoms with Crippen LogP contribution in [0, 0.1) is 5.82 Å². The van der Waals surface area contributed by atoms with E-state index in [1.54, 1.807) is 17.4 Å². The van der Waals surface area contributed by atoms with Crippen LogP contribution in [-0.2, 0) is 0 Å². The Hall–Kier alpha value is -2.88. The highest BCUT2D eigenvalue weighted by atomic mass is 32.1. The summed E-state index contributed by atoms with van der Waals surface area (Å²) in [7, 11) is 0. The first kappa shape index (κ1) is 20.7. The third kappa shape index (κ3) is 4.12. The van der Waals surface area contributed by atoms with Crippen molar-refractivity contribution in [2.24, 2.45) is 0 Å². The van der Waals surface area contributed by atoms with E-state index in [2.05, 4.69) is 20.1 Å². The van der Waals surface area contributed by atoms with Crippen molar-refractivity contribution in [3.63, 3.8) is 0 Å². The fourth-order valence-corrected chi connectivity index (χ4v) is 6.74. The van der Waals surface area contributed by atoms with Gasteiger partial charge in [-0.3, -0.25) is 14.7 Å². The standard InChI is InChI=1S/C24H22FN5OS2/c25-16-5-8-19(26-13-16)15-3-6-17(7-4-15)27-22(31)20-12-21-23(32-20)28-24(33-21)30-11-10-29-9-1-2-18(29)14-30/h3-8,12-13,18H,1-2,9-11,14H2,(H,27,31). The maximum absolute atomic E-state index is 13.1. The quantitative estimate of drug-likeness (QED) is 0.442. The van der Waals surface area contributed by atoms with Gasteiger partial charge in [0.25, 0.3) is 5.91 Å². The number of fused-ring (bicyclic) bond motifs is 2. The summed E-state index contributed by atoms with van der Waals surface area (Å²) in [6, 6.07) is 13.0. The summed E-state index contributed by atoms with van der Waals surface area (Å²) in [5.74, 6) is -0.504. The van der Waals surface area contributed by atoms with Gasteiger partial charge in [0.2, 0.25) is 0 Å². The summed E-state index contributed by atoms with van der Waals surface area (Å²) in [5, 5.41) is 4.02. The molecule has 1 aromatic carbocycles. The van der Waals surface area contributed by atoms with Crippen LogP contribution in [0.5, 0.6) is 0 Å². The SMILES string of the molecule is O=C(Nc1ccc(-c2ccc(F)cn2)cc1)c1cc2sc(N3CCN4CCCC4C3)nc2s1. The molecule has 0 saturated carbocycles. The summed E-state index contributed by atoms with van der Waals surface area (Å²) in [6.07, 6.45) is 3.78. The molecule has 3 aromatic heterocycles. The average molecular weight is 480 g/mol. The molecule has 168 valence electrons. The van der Waals surface area contributed by atoms with Crippen LogP contribution in [0.2, 0.25) is 0 Å². The molecular formula is C24H22FN5OS2. The number of hydrogen-bond donors (Lipinski definition) is 1. The van der Waals surface area contributed by atoms with Crippen LogP contribution < -0.4 is 10.2 Å². The number of piperazine rings is 1. The van der Waals surface area contributed by atoms with Crippen LogP contribution in [0.15, 0.2) is 48.7 Å². The highest BCUT2D eigenvalue weighted by Crippen LogP contribution is 2.36. The van der Waals surface area contributed by atoms with Crippen LogP contribution >= 0.6 is 22.7 Å². The number of thiophene rings is 1. The number of pyridine rings is 1. The van der Waals surface area contributed by atoms with Crippen molar-refractivity contribution in [3.05, 3.63) is 59.4 Å². The summed E-state index contributed by atoms with van der Waals surface area (Å²) in [5.41, 5.74) is 2.24. The minimum atomic E-state index is -0.364. The Morgan fingerprint density at radius 2 is 1.97 bits per heavy atom. The zero-order valence-corrected chi connectivity index (χ0v) is 19.5. The molecule has 33 heavy (non-hydrogen) atoms. The average Bonchev–Trinajstić information content (AvgIpc) is 3.54. The van der Waals surface area contributed by atoms with Crippen molar-refractivity contribution in [1.82, 2.24) is 14.9 Å². The highest BCUT2D eigenvalue weighted by Gasteiger charge is 2.31. The molecule has 2 saturated heterocycles. The fraction of sp³-hybridized carbons (Fsp3) is 0.292. The number of thiazole rings is 1. The molecule has 1 unspecified atom stereocenters. The first-order valence-electron chi connectivity index (χ1n) is 11.0. The molecule has 2 aliphatic heterocycles. The lowest BCUT2D eigenvalue weighted by atomic mass is 10.1. The summed E-state index contributed by atoms with van der Waals surface area (Å²) < 4.78 is 14.1. The number of hydrogen-bond acceptors (Lipinski definition) is 7. The first-order valence-corrected chi connectivity index (χ1v) is 12.7. The van der Waals surface area contributed by atoms with E-state index >= 15 is 0 Å². The zero-order valence-electron chi connectivity index (χ0n) is 17.8. The number of halogens is 1. The molecule has 1 atom stereocenters.